The molecule has 0 saturated heterocycles. The molecule has 82 valence electrons. The molecule has 0 aromatic carbocycles. The van der Waals surface area contributed by atoms with Gasteiger partial charge in [-0.1, -0.05) is 6.07 Å². The van der Waals surface area contributed by atoms with Crippen LogP contribution in [0.4, 0.5) is 0 Å². The summed E-state index contributed by atoms with van der Waals surface area (Å²) in [5.41, 5.74) is 4.89. The maximum atomic E-state index is 11.2. The molecule has 0 unspecified atom stereocenters. The van der Waals surface area contributed by atoms with Crippen molar-refractivity contribution in [3.8, 4) is 0 Å². The second kappa shape index (κ2) is 6.19. The zero-order valence-corrected chi connectivity index (χ0v) is 9.18. The van der Waals surface area contributed by atoms with Crippen molar-refractivity contribution in [3.63, 3.8) is 0 Å². The van der Waals surface area contributed by atoms with Crippen LogP contribution in [0.2, 0.25) is 0 Å². The van der Waals surface area contributed by atoms with E-state index in [1.54, 1.807) is 11.3 Å². The summed E-state index contributed by atoms with van der Waals surface area (Å²) >= 11 is 1.69. The Bertz CT molecular complexity index is 322. The van der Waals surface area contributed by atoms with Crippen molar-refractivity contribution in [2.45, 2.75) is 19.3 Å². The topological polar surface area (TPSA) is 72.2 Å². The van der Waals surface area contributed by atoms with E-state index in [-0.39, 0.29) is 12.5 Å². The number of nitrogens with two attached hydrogens (primary N) is 1. The van der Waals surface area contributed by atoms with Crippen LogP contribution < -0.4 is 11.1 Å². The second-order valence-corrected chi connectivity index (χ2v) is 4.21. The lowest BCUT2D eigenvalue weighted by molar-refractivity contribution is -0.124. The number of hydrogen-bond acceptors (Lipinski definition) is 3. The molecule has 0 aliphatic rings. The average molecular weight is 226 g/mol. The number of rotatable bonds is 6. The van der Waals surface area contributed by atoms with Gasteiger partial charge < -0.3 is 11.1 Å². The highest BCUT2D eigenvalue weighted by molar-refractivity contribution is 7.09. The molecule has 0 aliphatic heterocycles. The monoisotopic (exact) mass is 226 g/mol. The summed E-state index contributed by atoms with van der Waals surface area (Å²) in [7, 11) is 0. The summed E-state index contributed by atoms with van der Waals surface area (Å²) in [4.78, 5) is 22.8. The molecule has 0 atom stereocenters. The fourth-order valence-corrected chi connectivity index (χ4v) is 1.90. The molecule has 4 nitrogen and oxygen atoms in total. The minimum atomic E-state index is -0.512. The van der Waals surface area contributed by atoms with E-state index in [4.69, 9.17) is 5.73 Å². The maximum Gasteiger partial charge on any atom is 0.236 e. The van der Waals surface area contributed by atoms with Gasteiger partial charge in [0.25, 0.3) is 0 Å². The number of primary amides is 1. The number of amides is 2. The molecule has 0 fully saturated rings. The molecule has 1 aromatic rings. The van der Waals surface area contributed by atoms with E-state index in [2.05, 4.69) is 5.32 Å². The Balaban J connectivity index is 2.09. The number of nitrogens with one attached hydrogen (secondary N) is 1. The summed E-state index contributed by atoms with van der Waals surface area (Å²) in [5, 5.41) is 4.47. The van der Waals surface area contributed by atoms with Crippen LogP contribution in [0.15, 0.2) is 17.5 Å². The summed E-state index contributed by atoms with van der Waals surface area (Å²) < 4.78 is 0. The zero-order chi connectivity index (χ0) is 11.1. The van der Waals surface area contributed by atoms with Gasteiger partial charge in [0.1, 0.15) is 0 Å². The van der Waals surface area contributed by atoms with Crippen molar-refractivity contribution in [1.29, 1.82) is 0 Å². The van der Waals surface area contributed by atoms with Crippen LogP contribution in [0, 0.1) is 0 Å². The summed E-state index contributed by atoms with van der Waals surface area (Å²) in [6.07, 6.45) is 2.14. The van der Waals surface area contributed by atoms with E-state index >= 15 is 0 Å². The maximum absolute atomic E-state index is 11.2. The first-order valence-corrected chi connectivity index (χ1v) is 5.64. The number of thiophene rings is 1. The molecule has 0 aliphatic carbocycles. The molecular weight excluding hydrogens is 212 g/mol. The van der Waals surface area contributed by atoms with Crippen molar-refractivity contribution in [3.05, 3.63) is 22.4 Å². The van der Waals surface area contributed by atoms with Crippen LogP contribution in [0.3, 0.4) is 0 Å². The van der Waals surface area contributed by atoms with Gasteiger partial charge in [-0.25, -0.2) is 0 Å². The Morgan fingerprint density at radius 2 is 2.27 bits per heavy atom. The lowest BCUT2D eigenvalue weighted by atomic mass is 10.2. The highest BCUT2D eigenvalue weighted by atomic mass is 32.1. The van der Waals surface area contributed by atoms with Gasteiger partial charge in [0.15, 0.2) is 0 Å². The third-order valence-electron chi connectivity index (χ3n) is 1.87. The third-order valence-corrected chi connectivity index (χ3v) is 2.80. The van der Waals surface area contributed by atoms with Crippen LogP contribution in [0.1, 0.15) is 17.7 Å². The number of aryl methyl sites for hydroxylation is 1. The van der Waals surface area contributed by atoms with Crippen molar-refractivity contribution < 1.29 is 9.59 Å². The van der Waals surface area contributed by atoms with E-state index in [0.717, 1.165) is 12.8 Å². The van der Waals surface area contributed by atoms with E-state index < -0.39 is 5.91 Å². The minimum absolute atomic E-state index is 0.0716. The van der Waals surface area contributed by atoms with Gasteiger partial charge in [-0.3, -0.25) is 9.59 Å². The molecule has 0 radical (unpaired) electrons. The van der Waals surface area contributed by atoms with Gasteiger partial charge in [-0.15, -0.1) is 11.3 Å². The molecule has 1 rings (SSSR count). The Hall–Kier alpha value is -1.36. The largest absolute Gasteiger partial charge is 0.368 e. The van der Waals surface area contributed by atoms with Gasteiger partial charge in [-0.2, -0.15) is 0 Å². The number of hydrogen-bond donors (Lipinski definition) is 2. The summed E-state index contributed by atoms with van der Waals surface area (Å²) in [6.45, 7) is -0.0716. The molecule has 0 spiro atoms. The second-order valence-electron chi connectivity index (χ2n) is 3.18. The molecule has 2 amide bonds. The van der Waals surface area contributed by atoms with E-state index in [9.17, 15) is 9.59 Å². The molecular formula is C10H14N2O2S. The Morgan fingerprint density at radius 3 is 2.87 bits per heavy atom. The van der Waals surface area contributed by atoms with Gasteiger partial charge in [0.05, 0.1) is 6.54 Å². The van der Waals surface area contributed by atoms with Crippen LogP contribution in [0.5, 0.6) is 0 Å². The zero-order valence-electron chi connectivity index (χ0n) is 8.36. The fourth-order valence-electron chi connectivity index (χ4n) is 1.15. The van der Waals surface area contributed by atoms with Gasteiger partial charge >= 0.3 is 0 Å². The normalized spacial score (nSPS) is 9.87. The predicted molar refractivity (Wildman–Crippen MR) is 59.5 cm³/mol. The first-order valence-electron chi connectivity index (χ1n) is 4.76. The molecule has 15 heavy (non-hydrogen) atoms. The molecule has 3 N–H and O–H groups in total. The van der Waals surface area contributed by atoms with Crippen LogP contribution in [-0.4, -0.2) is 18.4 Å². The summed E-state index contributed by atoms with van der Waals surface area (Å²) in [5.74, 6) is -0.632. The standard InChI is InChI=1S/C10H14N2O2S/c11-9(13)7-12-10(14)5-1-3-8-4-2-6-15-8/h2,4,6H,1,3,5,7H2,(H2,11,13)(H,12,14). The predicted octanol–water partition coefficient (Wildman–Crippen LogP) is 0.672. The molecule has 0 bridgehead atoms. The van der Waals surface area contributed by atoms with Gasteiger partial charge in [0.2, 0.25) is 11.8 Å². The Morgan fingerprint density at radius 1 is 1.47 bits per heavy atom. The quantitative estimate of drug-likeness (QED) is 0.748. The fraction of sp³-hybridized carbons (Fsp3) is 0.400. The lowest BCUT2D eigenvalue weighted by Crippen LogP contribution is -2.33. The number of carbonyl (C=O) groups excluding carboxylic acids is 2. The molecule has 0 saturated carbocycles. The smallest absolute Gasteiger partial charge is 0.236 e. The highest BCUT2D eigenvalue weighted by Gasteiger charge is 2.02. The van der Waals surface area contributed by atoms with Crippen molar-refractivity contribution in [2.24, 2.45) is 5.73 Å². The minimum Gasteiger partial charge on any atom is -0.368 e. The van der Waals surface area contributed by atoms with Crippen LogP contribution in [0.25, 0.3) is 0 Å². The third kappa shape index (κ3) is 5.17. The van der Waals surface area contributed by atoms with Crippen LogP contribution in [-0.2, 0) is 16.0 Å². The van der Waals surface area contributed by atoms with E-state index in [0.29, 0.717) is 6.42 Å². The van der Waals surface area contributed by atoms with Crippen LogP contribution >= 0.6 is 11.3 Å². The highest BCUT2D eigenvalue weighted by Crippen LogP contribution is 2.11. The van der Waals surface area contributed by atoms with Crippen molar-refractivity contribution in [2.75, 3.05) is 6.54 Å². The average Bonchev–Trinajstić information content (AvgIpc) is 2.67. The Kier molecular flexibility index (Phi) is 4.83. The first kappa shape index (κ1) is 11.7. The van der Waals surface area contributed by atoms with Gasteiger partial charge in [-0.05, 0) is 24.3 Å². The first-order chi connectivity index (χ1) is 7.18. The van der Waals surface area contributed by atoms with Crippen molar-refractivity contribution >= 4 is 23.2 Å². The summed E-state index contributed by atoms with van der Waals surface area (Å²) in [6, 6.07) is 4.04. The molecule has 5 heteroatoms. The van der Waals surface area contributed by atoms with E-state index in [1.807, 2.05) is 17.5 Å². The van der Waals surface area contributed by atoms with E-state index in [1.165, 1.54) is 4.88 Å². The Labute approximate surface area is 92.5 Å². The van der Waals surface area contributed by atoms with Crippen molar-refractivity contribution in [1.82, 2.24) is 5.32 Å². The molecule has 1 heterocycles. The SMILES string of the molecule is NC(=O)CNC(=O)CCCc1cccs1. The molecule has 1 aromatic heterocycles. The van der Waals surface area contributed by atoms with Gasteiger partial charge in [0, 0.05) is 11.3 Å². The lowest BCUT2D eigenvalue weighted by Gasteiger charge is -2.01. The number of carbonyl (C=O) groups is 2.